The van der Waals surface area contributed by atoms with Gasteiger partial charge in [0.2, 0.25) is 5.89 Å². The van der Waals surface area contributed by atoms with Crippen molar-refractivity contribution in [2.75, 3.05) is 57.3 Å². The predicted molar refractivity (Wildman–Crippen MR) is 133 cm³/mol. The summed E-state index contributed by atoms with van der Waals surface area (Å²) in [6, 6.07) is 15.7. The Morgan fingerprint density at radius 3 is 2.22 bits per heavy atom. The molecule has 1 amide bonds. The molecular formula is C27H30F3N5O2. The van der Waals surface area contributed by atoms with Gasteiger partial charge < -0.3 is 14.2 Å². The average molecular weight is 514 g/mol. The topological polar surface area (TPSA) is 56.1 Å². The molecule has 2 fully saturated rings. The molecule has 196 valence electrons. The molecular weight excluding hydrogens is 483 g/mol. The molecule has 2 saturated heterocycles. The lowest BCUT2D eigenvalue weighted by molar-refractivity contribution is -0.137. The molecule has 10 heteroatoms. The van der Waals surface area contributed by atoms with E-state index in [4.69, 9.17) is 4.42 Å². The van der Waals surface area contributed by atoms with Gasteiger partial charge in [0, 0.05) is 64.6 Å². The minimum absolute atomic E-state index is 0.122. The van der Waals surface area contributed by atoms with E-state index in [2.05, 4.69) is 26.9 Å². The first kappa shape index (κ1) is 25.3. The van der Waals surface area contributed by atoms with Gasteiger partial charge in [0.1, 0.15) is 6.26 Å². The number of halogens is 3. The highest BCUT2D eigenvalue weighted by atomic mass is 19.4. The van der Waals surface area contributed by atoms with Crippen LogP contribution in [-0.4, -0.2) is 77.9 Å². The maximum atomic E-state index is 13.0. The molecule has 0 unspecified atom stereocenters. The number of alkyl halides is 3. The normalized spacial score (nSPS) is 17.8. The van der Waals surface area contributed by atoms with E-state index in [-0.39, 0.29) is 5.91 Å². The number of carbonyl (C=O) groups excluding carboxylic acids is 1. The van der Waals surface area contributed by atoms with Crippen molar-refractivity contribution >= 4 is 11.6 Å². The molecule has 3 aromatic rings. The number of aromatic nitrogens is 1. The van der Waals surface area contributed by atoms with Crippen molar-refractivity contribution in [1.29, 1.82) is 0 Å². The molecule has 1 aromatic heterocycles. The van der Waals surface area contributed by atoms with Gasteiger partial charge in [0.05, 0.1) is 12.1 Å². The van der Waals surface area contributed by atoms with Gasteiger partial charge in [0.25, 0.3) is 5.91 Å². The highest BCUT2D eigenvalue weighted by Gasteiger charge is 2.31. The molecule has 0 spiro atoms. The standard InChI is InChI=1S/C27H30F3N5O2/c28-27(29,30)22-7-4-8-23(17-22)34-13-9-33(10-14-34)19-25-31-24(20-37-25)26(36)35-15-11-32(12-16-35)18-21-5-2-1-3-6-21/h1-8,17,20H,9-16,18-19H2. The zero-order chi connectivity index (χ0) is 25.8. The number of rotatable bonds is 6. The monoisotopic (exact) mass is 513 g/mol. The lowest BCUT2D eigenvalue weighted by Crippen LogP contribution is -2.48. The molecule has 2 aliphatic heterocycles. The SMILES string of the molecule is O=C(c1coc(CN2CCN(c3cccc(C(F)(F)F)c3)CC2)n1)N1CCN(Cc2ccccc2)CC1. The zero-order valence-electron chi connectivity index (χ0n) is 20.5. The quantitative estimate of drug-likeness (QED) is 0.497. The molecule has 5 rings (SSSR count). The van der Waals surface area contributed by atoms with Gasteiger partial charge in [-0.3, -0.25) is 14.6 Å². The Morgan fingerprint density at radius 1 is 0.838 bits per heavy atom. The molecule has 0 N–H and O–H groups in total. The zero-order valence-corrected chi connectivity index (χ0v) is 20.5. The molecule has 7 nitrogen and oxygen atoms in total. The van der Waals surface area contributed by atoms with Crippen molar-refractivity contribution < 1.29 is 22.4 Å². The average Bonchev–Trinajstić information content (AvgIpc) is 3.38. The van der Waals surface area contributed by atoms with Crippen molar-refractivity contribution in [2.45, 2.75) is 19.3 Å². The van der Waals surface area contributed by atoms with Crippen LogP contribution in [0.3, 0.4) is 0 Å². The fourth-order valence-corrected chi connectivity index (χ4v) is 4.83. The fraction of sp³-hybridized carbons (Fsp3) is 0.407. The summed E-state index contributed by atoms with van der Waals surface area (Å²) in [6.45, 7) is 6.74. The van der Waals surface area contributed by atoms with E-state index in [0.29, 0.717) is 63.1 Å². The van der Waals surface area contributed by atoms with E-state index < -0.39 is 11.7 Å². The molecule has 37 heavy (non-hydrogen) atoms. The minimum Gasteiger partial charge on any atom is -0.447 e. The molecule has 2 aliphatic rings. The summed E-state index contributed by atoms with van der Waals surface area (Å²) in [5.41, 5.74) is 1.51. The van der Waals surface area contributed by atoms with E-state index in [9.17, 15) is 18.0 Å². The molecule has 0 saturated carbocycles. The maximum absolute atomic E-state index is 13.0. The number of carbonyl (C=O) groups is 1. The summed E-state index contributed by atoms with van der Waals surface area (Å²) in [7, 11) is 0. The third-order valence-electron chi connectivity index (χ3n) is 6.95. The van der Waals surface area contributed by atoms with Crippen LogP contribution in [0, 0.1) is 0 Å². The van der Waals surface area contributed by atoms with Gasteiger partial charge in [0.15, 0.2) is 5.69 Å². The van der Waals surface area contributed by atoms with Crippen LogP contribution in [0.5, 0.6) is 0 Å². The Bertz CT molecular complexity index is 1180. The number of piperazine rings is 2. The molecule has 3 heterocycles. The number of oxazole rings is 1. The summed E-state index contributed by atoms with van der Waals surface area (Å²) in [4.78, 5) is 25.6. The molecule has 0 atom stereocenters. The van der Waals surface area contributed by atoms with Crippen molar-refractivity contribution in [3.05, 3.63) is 83.6 Å². The number of hydrogen-bond donors (Lipinski definition) is 0. The Kier molecular flexibility index (Phi) is 7.48. The van der Waals surface area contributed by atoms with Crippen LogP contribution in [0.4, 0.5) is 18.9 Å². The summed E-state index contributed by atoms with van der Waals surface area (Å²) in [5.74, 6) is 0.349. The van der Waals surface area contributed by atoms with Crippen LogP contribution >= 0.6 is 0 Å². The summed E-state index contributed by atoms with van der Waals surface area (Å²) in [5, 5.41) is 0. The second kappa shape index (κ2) is 10.9. The van der Waals surface area contributed by atoms with Crippen LogP contribution in [-0.2, 0) is 19.3 Å². The van der Waals surface area contributed by atoms with Crippen molar-refractivity contribution in [3.8, 4) is 0 Å². The molecule has 0 bridgehead atoms. The van der Waals surface area contributed by atoms with Gasteiger partial charge in [-0.15, -0.1) is 0 Å². The Hall–Kier alpha value is -3.37. The van der Waals surface area contributed by atoms with Crippen LogP contribution in [0.1, 0.15) is 27.5 Å². The van der Waals surface area contributed by atoms with E-state index in [0.717, 1.165) is 25.7 Å². The van der Waals surface area contributed by atoms with Crippen LogP contribution in [0.25, 0.3) is 0 Å². The lowest BCUT2D eigenvalue weighted by atomic mass is 10.1. The van der Waals surface area contributed by atoms with Gasteiger partial charge in [-0.25, -0.2) is 4.98 Å². The van der Waals surface area contributed by atoms with Crippen LogP contribution in [0.2, 0.25) is 0 Å². The molecule has 0 radical (unpaired) electrons. The van der Waals surface area contributed by atoms with Gasteiger partial charge in [-0.2, -0.15) is 13.2 Å². The maximum Gasteiger partial charge on any atom is 0.416 e. The predicted octanol–water partition coefficient (Wildman–Crippen LogP) is 3.97. The van der Waals surface area contributed by atoms with E-state index >= 15 is 0 Å². The number of amides is 1. The first-order chi connectivity index (χ1) is 17.8. The molecule has 2 aromatic carbocycles. The summed E-state index contributed by atoms with van der Waals surface area (Å²) >= 11 is 0. The van der Waals surface area contributed by atoms with Gasteiger partial charge in [-0.1, -0.05) is 36.4 Å². The number of nitrogens with zero attached hydrogens (tertiary/aromatic N) is 5. The highest BCUT2D eigenvalue weighted by Crippen LogP contribution is 2.32. The lowest BCUT2D eigenvalue weighted by Gasteiger charge is -2.35. The smallest absolute Gasteiger partial charge is 0.416 e. The van der Waals surface area contributed by atoms with Crippen LogP contribution in [0.15, 0.2) is 65.3 Å². The summed E-state index contributed by atoms with van der Waals surface area (Å²) < 4.78 is 44.7. The Balaban J connectivity index is 1.09. The second-order valence-electron chi connectivity index (χ2n) is 9.49. The highest BCUT2D eigenvalue weighted by molar-refractivity contribution is 5.92. The second-order valence-corrected chi connectivity index (χ2v) is 9.49. The van der Waals surface area contributed by atoms with Crippen molar-refractivity contribution in [2.24, 2.45) is 0 Å². The first-order valence-electron chi connectivity index (χ1n) is 12.5. The van der Waals surface area contributed by atoms with E-state index in [1.165, 1.54) is 24.0 Å². The minimum atomic E-state index is -4.35. The number of anilines is 1. The molecule has 0 aliphatic carbocycles. The summed E-state index contributed by atoms with van der Waals surface area (Å²) in [6.07, 6.45) is -2.93. The Labute approximate surface area is 214 Å². The number of benzene rings is 2. The van der Waals surface area contributed by atoms with Crippen molar-refractivity contribution in [3.63, 3.8) is 0 Å². The van der Waals surface area contributed by atoms with Crippen LogP contribution < -0.4 is 4.90 Å². The van der Waals surface area contributed by atoms with Crippen molar-refractivity contribution in [1.82, 2.24) is 19.7 Å². The first-order valence-corrected chi connectivity index (χ1v) is 12.5. The van der Waals surface area contributed by atoms with E-state index in [1.54, 1.807) is 6.07 Å². The largest absolute Gasteiger partial charge is 0.447 e. The van der Waals surface area contributed by atoms with Gasteiger partial charge in [-0.05, 0) is 23.8 Å². The number of hydrogen-bond acceptors (Lipinski definition) is 6. The van der Waals surface area contributed by atoms with Gasteiger partial charge >= 0.3 is 6.18 Å². The Morgan fingerprint density at radius 2 is 1.51 bits per heavy atom. The fourth-order valence-electron chi connectivity index (χ4n) is 4.83. The third-order valence-corrected chi connectivity index (χ3v) is 6.95. The third kappa shape index (κ3) is 6.31. The van der Waals surface area contributed by atoms with E-state index in [1.807, 2.05) is 28.0 Å².